The maximum absolute atomic E-state index is 12.3. The molecule has 6 nitrogen and oxygen atoms in total. The molecule has 0 aromatic rings. The van der Waals surface area contributed by atoms with Gasteiger partial charge in [-0.1, -0.05) is 19.1 Å². The first-order chi connectivity index (χ1) is 8.19. The zero-order valence-corrected chi connectivity index (χ0v) is 12.7. The zero-order chi connectivity index (χ0) is 14.0. The summed E-state index contributed by atoms with van der Waals surface area (Å²) in [6.45, 7) is 2.00. The van der Waals surface area contributed by atoms with Gasteiger partial charge in [0.25, 0.3) is 0 Å². The largest absolute Gasteiger partial charge is 0.392 e. The van der Waals surface area contributed by atoms with Gasteiger partial charge in [-0.25, -0.2) is 16.8 Å². The average molecular weight is 314 g/mol. The summed E-state index contributed by atoms with van der Waals surface area (Å²) in [6.07, 6.45) is 0.303. The lowest BCUT2D eigenvalue weighted by Crippen LogP contribution is -2.45. The maximum atomic E-state index is 12.3. The molecule has 0 bridgehead atoms. The summed E-state index contributed by atoms with van der Waals surface area (Å²) in [4.78, 5) is 0.115. The summed E-state index contributed by atoms with van der Waals surface area (Å²) in [6, 6.07) is 0. The number of nitrogens with two attached hydrogens (primary N) is 1. The first-order valence-corrected chi connectivity index (χ1v) is 9.40. The molecule has 1 aliphatic heterocycles. The van der Waals surface area contributed by atoms with Crippen molar-refractivity contribution in [3.63, 3.8) is 0 Å². The molecule has 0 atom stereocenters. The number of rotatable bonds is 5. The second kappa shape index (κ2) is 5.81. The van der Waals surface area contributed by atoms with Crippen molar-refractivity contribution in [2.24, 2.45) is 5.73 Å². The Kier molecular flexibility index (Phi) is 5.10. The van der Waals surface area contributed by atoms with Crippen LogP contribution in [0.3, 0.4) is 0 Å². The number of hydrogen-bond acceptors (Lipinski definition) is 5. The van der Waals surface area contributed by atoms with Crippen LogP contribution in [0, 0.1) is 0 Å². The van der Waals surface area contributed by atoms with Gasteiger partial charge in [0.2, 0.25) is 10.0 Å². The van der Waals surface area contributed by atoms with E-state index in [1.807, 2.05) is 0 Å². The Morgan fingerprint density at radius 2 is 1.89 bits per heavy atom. The van der Waals surface area contributed by atoms with E-state index < -0.39 is 25.1 Å². The van der Waals surface area contributed by atoms with Crippen molar-refractivity contribution in [3.05, 3.63) is 0 Å². The van der Waals surface area contributed by atoms with Crippen molar-refractivity contribution >= 4 is 37.1 Å². The molecule has 9 heteroatoms. The van der Waals surface area contributed by atoms with Crippen LogP contribution in [0.4, 0.5) is 0 Å². The lowest BCUT2D eigenvalue weighted by Gasteiger charge is -2.28. The fraction of sp³-hybridized carbons (Fsp3) is 0.889. The molecule has 0 amide bonds. The monoisotopic (exact) mass is 314 g/mol. The van der Waals surface area contributed by atoms with Gasteiger partial charge >= 0.3 is 0 Å². The zero-order valence-electron chi connectivity index (χ0n) is 10.2. The van der Waals surface area contributed by atoms with Gasteiger partial charge in [-0.2, -0.15) is 4.31 Å². The second-order valence-corrected chi connectivity index (χ2v) is 9.33. The summed E-state index contributed by atoms with van der Waals surface area (Å²) < 4.78 is 48.4. The molecule has 1 rings (SSSR count). The molecule has 1 saturated heterocycles. The van der Waals surface area contributed by atoms with E-state index in [4.69, 9.17) is 18.0 Å². The molecule has 0 aliphatic carbocycles. The third-order valence-electron chi connectivity index (χ3n) is 2.97. The van der Waals surface area contributed by atoms with Gasteiger partial charge in [0.15, 0.2) is 0 Å². The van der Waals surface area contributed by atoms with Gasteiger partial charge in [0.05, 0.1) is 28.3 Å². The van der Waals surface area contributed by atoms with Crippen molar-refractivity contribution in [1.29, 1.82) is 0 Å². The smallest absolute Gasteiger partial charge is 0.217 e. The second-order valence-electron chi connectivity index (χ2n) is 4.29. The first kappa shape index (κ1) is 15.8. The highest BCUT2D eigenvalue weighted by atomic mass is 32.2. The van der Waals surface area contributed by atoms with Crippen LogP contribution in [0.1, 0.15) is 19.8 Å². The summed E-state index contributed by atoms with van der Waals surface area (Å²) in [5.41, 5.74) is 5.37. The molecule has 18 heavy (non-hydrogen) atoms. The molecule has 0 unspecified atom stereocenters. The van der Waals surface area contributed by atoms with Crippen LogP contribution in [0.25, 0.3) is 0 Å². The van der Waals surface area contributed by atoms with Crippen LogP contribution in [0.15, 0.2) is 0 Å². The maximum Gasteiger partial charge on any atom is 0.217 e. The molecule has 0 spiro atoms. The molecule has 1 fully saturated rings. The summed E-state index contributed by atoms with van der Waals surface area (Å²) >= 11 is 4.72. The Morgan fingerprint density at radius 1 is 1.39 bits per heavy atom. The van der Waals surface area contributed by atoms with Crippen LogP contribution in [-0.4, -0.2) is 56.0 Å². The number of nitrogens with zero attached hydrogens (tertiary/aromatic N) is 1. The van der Waals surface area contributed by atoms with Gasteiger partial charge in [-0.3, -0.25) is 0 Å². The van der Waals surface area contributed by atoms with Crippen molar-refractivity contribution in [2.75, 3.05) is 24.6 Å². The Hall–Kier alpha value is -0.250. The Morgan fingerprint density at radius 3 is 2.28 bits per heavy atom. The van der Waals surface area contributed by atoms with Gasteiger partial charge in [-0.15, -0.1) is 0 Å². The lowest BCUT2D eigenvalue weighted by atomic mass is 10.2. The quantitative estimate of drug-likeness (QED) is 0.687. The highest BCUT2D eigenvalue weighted by Gasteiger charge is 2.36. The van der Waals surface area contributed by atoms with E-state index >= 15 is 0 Å². The van der Waals surface area contributed by atoms with Crippen LogP contribution in [0.2, 0.25) is 0 Å². The fourth-order valence-electron chi connectivity index (χ4n) is 1.93. The Balaban J connectivity index is 2.83. The van der Waals surface area contributed by atoms with Crippen LogP contribution >= 0.6 is 12.2 Å². The normalized spacial score (nSPS) is 21.0. The van der Waals surface area contributed by atoms with Gasteiger partial charge < -0.3 is 5.73 Å². The van der Waals surface area contributed by atoms with E-state index in [2.05, 4.69) is 0 Å². The predicted molar refractivity (Wildman–Crippen MR) is 74.6 cm³/mol. The number of likely N-dealkylation sites (N-methyl/N-ethyl adjacent to an activating group) is 1. The van der Waals surface area contributed by atoms with E-state index in [0.717, 1.165) is 0 Å². The van der Waals surface area contributed by atoms with Crippen molar-refractivity contribution in [1.82, 2.24) is 4.31 Å². The SMILES string of the molecule is CCN(CC(N)=S)S(=O)(=O)C1CCS(=O)(=O)CC1. The Bertz CT molecular complexity index is 498. The standard InChI is InChI=1S/C9H18N2O4S3/c1-2-11(7-9(10)16)18(14,15)8-3-5-17(12,13)6-4-8/h8H,2-7H2,1H3,(H2,10,16). The van der Waals surface area contributed by atoms with Crippen LogP contribution in [0.5, 0.6) is 0 Å². The third kappa shape index (κ3) is 3.87. The minimum Gasteiger partial charge on any atom is -0.392 e. The van der Waals surface area contributed by atoms with Gasteiger partial charge in [-0.05, 0) is 12.8 Å². The molecule has 0 radical (unpaired) electrons. The fourth-order valence-corrected chi connectivity index (χ4v) is 5.89. The van der Waals surface area contributed by atoms with E-state index in [-0.39, 0.29) is 42.4 Å². The van der Waals surface area contributed by atoms with Crippen molar-refractivity contribution < 1.29 is 16.8 Å². The lowest BCUT2D eigenvalue weighted by molar-refractivity contribution is 0.449. The molecule has 0 saturated carbocycles. The number of hydrogen-bond donors (Lipinski definition) is 1. The summed E-state index contributed by atoms with van der Waals surface area (Å²) in [7, 11) is -6.58. The molecule has 0 aromatic carbocycles. The van der Waals surface area contributed by atoms with Crippen molar-refractivity contribution in [2.45, 2.75) is 25.0 Å². The van der Waals surface area contributed by atoms with Crippen LogP contribution < -0.4 is 5.73 Å². The van der Waals surface area contributed by atoms with Crippen molar-refractivity contribution in [3.8, 4) is 0 Å². The highest BCUT2D eigenvalue weighted by molar-refractivity contribution is 7.92. The topological polar surface area (TPSA) is 97.5 Å². The average Bonchev–Trinajstić information content (AvgIpc) is 2.24. The van der Waals surface area contributed by atoms with Gasteiger partial charge in [0, 0.05) is 6.54 Å². The molecule has 2 N–H and O–H groups in total. The Labute approximate surface area is 113 Å². The van der Waals surface area contributed by atoms with E-state index in [9.17, 15) is 16.8 Å². The number of sulfonamides is 1. The van der Waals surface area contributed by atoms with Gasteiger partial charge in [0.1, 0.15) is 9.84 Å². The molecule has 1 heterocycles. The molecular weight excluding hydrogens is 296 g/mol. The molecule has 0 aromatic heterocycles. The third-order valence-corrected chi connectivity index (χ3v) is 7.23. The molecule has 1 aliphatic rings. The minimum absolute atomic E-state index is 0.0113. The molecular formula is C9H18N2O4S3. The first-order valence-electron chi connectivity index (χ1n) is 5.66. The number of sulfone groups is 1. The minimum atomic E-state index is -3.52. The summed E-state index contributed by atoms with van der Waals surface area (Å²) in [5.74, 6) is -0.136. The summed E-state index contributed by atoms with van der Waals surface area (Å²) in [5, 5.41) is -0.643. The predicted octanol–water partition coefficient (Wildman–Crippen LogP) is -0.499. The highest BCUT2D eigenvalue weighted by Crippen LogP contribution is 2.22. The van der Waals surface area contributed by atoms with E-state index in [0.29, 0.717) is 0 Å². The van der Waals surface area contributed by atoms with Crippen LogP contribution in [-0.2, 0) is 19.9 Å². The number of thiocarbonyl (C=S) groups is 1. The van der Waals surface area contributed by atoms with E-state index in [1.165, 1.54) is 4.31 Å². The van der Waals surface area contributed by atoms with E-state index in [1.54, 1.807) is 6.92 Å². The molecule has 106 valence electrons.